The molecule has 0 amide bonds. The first-order valence-corrected chi connectivity index (χ1v) is 4.59. The molecule has 0 radical (unpaired) electrons. The molecule has 82 valence electrons. The molecule has 0 aliphatic rings. The van der Waals surface area contributed by atoms with E-state index < -0.39 is 4.92 Å². The van der Waals surface area contributed by atoms with Crippen LogP contribution in [0.5, 0.6) is 5.75 Å². The summed E-state index contributed by atoms with van der Waals surface area (Å²) in [4.78, 5) is 10.2. The molecular formula is C10H13NO4. The molecule has 1 aromatic carbocycles. The predicted molar refractivity (Wildman–Crippen MR) is 54.8 cm³/mol. The van der Waals surface area contributed by atoms with Crippen LogP contribution in [0.2, 0.25) is 0 Å². The number of benzene rings is 1. The zero-order valence-corrected chi connectivity index (χ0v) is 8.64. The number of ether oxygens (including phenoxy) is 1. The van der Waals surface area contributed by atoms with Crippen molar-refractivity contribution in [3.63, 3.8) is 0 Å². The molecule has 15 heavy (non-hydrogen) atoms. The van der Waals surface area contributed by atoms with Crippen LogP contribution in [0.3, 0.4) is 0 Å². The summed E-state index contributed by atoms with van der Waals surface area (Å²) in [6.45, 7) is 3.37. The molecule has 0 unspecified atom stereocenters. The molecule has 0 bridgehead atoms. The van der Waals surface area contributed by atoms with Crippen molar-refractivity contribution in [2.24, 2.45) is 0 Å². The van der Waals surface area contributed by atoms with Crippen LogP contribution in [0.4, 0.5) is 5.69 Å². The Labute approximate surface area is 87.5 Å². The van der Waals surface area contributed by atoms with E-state index in [0.717, 1.165) is 0 Å². The molecular weight excluding hydrogens is 198 g/mol. The number of nitro groups is 1. The molecule has 0 heterocycles. The number of aliphatic hydroxyl groups is 1. The average Bonchev–Trinajstić information content (AvgIpc) is 2.17. The van der Waals surface area contributed by atoms with E-state index in [0.29, 0.717) is 5.56 Å². The fraction of sp³-hybridized carbons (Fsp3) is 0.400. The van der Waals surface area contributed by atoms with Crippen LogP contribution in [0.1, 0.15) is 19.4 Å². The van der Waals surface area contributed by atoms with Crippen LogP contribution >= 0.6 is 0 Å². The number of aliphatic hydroxyl groups excluding tert-OH is 1. The van der Waals surface area contributed by atoms with Crippen molar-refractivity contribution in [2.45, 2.75) is 26.6 Å². The zero-order valence-electron chi connectivity index (χ0n) is 8.64. The van der Waals surface area contributed by atoms with Crippen LogP contribution in [-0.2, 0) is 6.61 Å². The normalized spacial score (nSPS) is 10.4. The predicted octanol–water partition coefficient (Wildman–Crippen LogP) is 1.87. The SMILES string of the molecule is CC(C)Oc1ccc(CO)cc1[N+](=O)[O-]. The smallest absolute Gasteiger partial charge is 0.311 e. The monoisotopic (exact) mass is 211 g/mol. The van der Waals surface area contributed by atoms with Gasteiger partial charge >= 0.3 is 5.69 Å². The minimum Gasteiger partial charge on any atom is -0.484 e. The van der Waals surface area contributed by atoms with Gasteiger partial charge in [0.25, 0.3) is 0 Å². The third-order valence-electron chi connectivity index (χ3n) is 1.77. The quantitative estimate of drug-likeness (QED) is 0.609. The summed E-state index contributed by atoms with van der Waals surface area (Å²) < 4.78 is 5.28. The first-order chi connectivity index (χ1) is 7.04. The van der Waals surface area contributed by atoms with Gasteiger partial charge in [-0.05, 0) is 25.5 Å². The van der Waals surface area contributed by atoms with Gasteiger partial charge in [-0.2, -0.15) is 0 Å². The summed E-state index contributed by atoms with van der Waals surface area (Å²) >= 11 is 0. The highest BCUT2D eigenvalue weighted by atomic mass is 16.6. The number of hydrogen-bond acceptors (Lipinski definition) is 4. The summed E-state index contributed by atoms with van der Waals surface area (Å²) in [5, 5.41) is 19.6. The highest BCUT2D eigenvalue weighted by Gasteiger charge is 2.16. The highest BCUT2D eigenvalue weighted by Crippen LogP contribution is 2.28. The van der Waals surface area contributed by atoms with Crippen LogP contribution < -0.4 is 4.74 Å². The second kappa shape index (κ2) is 4.75. The van der Waals surface area contributed by atoms with E-state index in [4.69, 9.17) is 9.84 Å². The van der Waals surface area contributed by atoms with Crippen molar-refractivity contribution < 1.29 is 14.8 Å². The van der Waals surface area contributed by atoms with Crippen molar-refractivity contribution in [1.82, 2.24) is 0 Å². The van der Waals surface area contributed by atoms with E-state index in [1.165, 1.54) is 12.1 Å². The molecule has 5 nitrogen and oxygen atoms in total. The molecule has 0 aliphatic carbocycles. The Bertz CT molecular complexity index is 362. The van der Waals surface area contributed by atoms with E-state index in [1.54, 1.807) is 19.9 Å². The Hall–Kier alpha value is -1.62. The lowest BCUT2D eigenvalue weighted by Gasteiger charge is -2.10. The lowest BCUT2D eigenvalue weighted by atomic mass is 10.2. The first-order valence-electron chi connectivity index (χ1n) is 4.59. The van der Waals surface area contributed by atoms with Gasteiger partial charge < -0.3 is 9.84 Å². The topological polar surface area (TPSA) is 72.6 Å². The second-order valence-electron chi connectivity index (χ2n) is 3.38. The minimum atomic E-state index is -0.517. The Balaban J connectivity index is 3.09. The number of nitro benzene ring substituents is 1. The van der Waals surface area contributed by atoms with Crippen molar-refractivity contribution >= 4 is 5.69 Å². The second-order valence-corrected chi connectivity index (χ2v) is 3.38. The van der Waals surface area contributed by atoms with Gasteiger partial charge in [0.05, 0.1) is 17.6 Å². The van der Waals surface area contributed by atoms with Gasteiger partial charge in [-0.15, -0.1) is 0 Å². The number of rotatable bonds is 4. The molecule has 1 aromatic rings. The maximum atomic E-state index is 10.7. The Morgan fingerprint density at radius 1 is 1.53 bits per heavy atom. The third kappa shape index (κ3) is 2.92. The van der Waals surface area contributed by atoms with Gasteiger partial charge in [-0.3, -0.25) is 10.1 Å². The average molecular weight is 211 g/mol. The van der Waals surface area contributed by atoms with Gasteiger partial charge in [0.2, 0.25) is 0 Å². The zero-order chi connectivity index (χ0) is 11.4. The van der Waals surface area contributed by atoms with Crippen LogP contribution in [0.15, 0.2) is 18.2 Å². The van der Waals surface area contributed by atoms with Gasteiger partial charge in [-0.1, -0.05) is 6.07 Å². The van der Waals surface area contributed by atoms with Crippen LogP contribution in [0.25, 0.3) is 0 Å². The largest absolute Gasteiger partial charge is 0.484 e. The van der Waals surface area contributed by atoms with Gasteiger partial charge in [0, 0.05) is 6.07 Å². The van der Waals surface area contributed by atoms with E-state index in [2.05, 4.69) is 0 Å². The summed E-state index contributed by atoms with van der Waals surface area (Å²) in [6.07, 6.45) is -0.122. The Morgan fingerprint density at radius 3 is 2.67 bits per heavy atom. The molecule has 0 spiro atoms. The standard InChI is InChI=1S/C10H13NO4/c1-7(2)15-10-4-3-8(6-12)5-9(10)11(13)14/h3-5,7,12H,6H2,1-2H3. The molecule has 0 fully saturated rings. The summed E-state index contributed by atoms with van der Waals surface area (Å²) in [5.74, 6) is 0.229. The summed E-state index contributed by atoms with van der Waals surface area (Å²) in [7, 11) is 0. The molecule has 1 N–H and O–H groups in total. The first kappa shape index (κ1) is 11.5. The Morgan fingerprint density at radius 2 is 2.20 bits per heavy atom. The summed E-state index contributed by atoms with van der Waals surface area (Å²) in [5.41, 5.74) is 0.382. The van der Waals surface area contributed by atoms with Crippen molar-refractivity contribution in [2.75, 3.05) is 0 Å². The minimum absolute atomic E-state index is 0.116. The molecule has 0 aromatic heterocycles. The van der Waals surface area contributed by atoms with E-state index in [9.17, 15) is 10.1 Å². The van der Waals surface area contributed by atoms with E-state index in [1.807, 2.05) is 0 Å². The van der Waals surface area contributed by atoms with Crippen LogP contribution in [-0.4, -0.2) is 16.1 Å². The maximum Gasteiger partial charge on any atom is 0.311 e. The highest BCUT2D eigenvalue weighted by molar-refractivity contribution is 5.48. The molecule has 1 rings (SSSR count). The molecule has 0 aliphatic heterocycles. The van der Waals surface area contributed by atoms with Gasteiger partial charge in [0.15, 0.2) is 5.75 Å². The third-order valence-corrected chi connectivity index (χ3v) is 1.77. The molecule has 0 atom stereocenters. The number of hydrogen-bond donors (Lipinski definition) is 1. The van der Waals surface area contributed by atoms with Crippen molar-refractivity contribution in [1.29, 1.82) is 0 Å². The summed E-state index contributed by atoms with van der Waals surface area (Å²) in [6, 6.07) is 4.42. The van der Waals surface area contributed by atoms with E-state index >= 15 is 0 Å². The fourth-order valence-electron chi connectivity index (χ4n) is 1.16. The van der Waals surface area contributed by atoms with Gasteiger partial charge in [-0.25, -0.2) is 0 Å². The Kier molecular flexibility index (Phi) is 3.62. The number of nitrogens with zero attached hydrogens (tertiary/aromatic N) is 1. The maximum absolute atomic E-state index is 10.7. The van der Waals surface area contributed by atoms with Gasteiger partial charge in [0.1, 0.15) is 0 Å². The van der Waals surface area contributed by atoms with Crippen molar-refractivity contribution in [3.8, 4) is 5.75 Å². The molecule has 5 heteroatoms. The lowest BCUT2D eigenvalue weighted by Crippen LogP contribution is -2.07. The van der Waals surface area contributed by atoms with Crippen molar-refractivity contribution in [3.05, 3.63) is 33.9 Å². The molecule has 0 saturated carbocycles. The fourth-order valence-corrected chi connectivity index (χ4v) is 1.16. The van der Waals surface area contributed by atoms with E-state index in [-0.39, 0.29) is 24.1 Å². The molecule has 0 saturated heterocycles. The van der Waals surface area contributed by atoms with Crippen LogP contribution in [0, 0.1) is 10.1 Å². The lowest BCUT2D eigenvalue weighted by molar-refractivity contribution is -0.386.